The van der Waals surface area contributed by atoms with Crippen molar-refractivity contribution in [2.75, 3.05) is 0 Å². The Bertz CT molecular complexity index is 1740. The summed E-state index contributed by atoms with van der Waals surface area (Å²) >= 11 is 24.1. The van der Waals surface area contributed by atoms with Crippen LogP contribution in [-0.2, 0) is 43.4 Å². The van der Waals surface area contributed by atoms with Crippen molar-refractivity contribution in [2.24, 2.45) is 9.98 Å². The fourth-order valence-corrected chi connectivity index (χ4v) is 6.06. The van der Waals surface area contributed by atoms with E-state index in [-0.39, 0.29) is 79.7 Å². The predicted octanol–water partition coefficient (Wildman–Crippen LogP) is 14.9. The first-order valence-electron chi connectivity index (χ1n) is 16.5. The largest absolute Gasteiger partial charge is 0.507 e. The van der Waals surface area contributed by atoms with Gasteiger partial charge in [0.25, 0.3) is 0 Å². The molecule has 0 atom stereocenters. The summed E-state index contributed by atoms with van der Waals surface area (Å²) in [6, 6.07) is 18.4. The molecule has 4 nitrogen and oxygen atoms in total. The number of nitrogens with zero attached hydrogens (tertiary/aromatic N) is 2. The van der Waals surface area contributed by atoms with Crippen molar-refractivity contribution in [1.82, 2.24) is 0 Å². The first-order valence-corrected chi connectivity index (χ1v) is 18.0. The van der Waals surface area contributed by atoms with E-state index in [1.165, 1.54) is 0 Å². The second kappa shape index (κ2) is 19.9. The number of benzene rings is 4. The number of hydrogen-bond acceptors (Lipinski definition) is 4. The number of phenolic OH excluding ortho intramolecular Hbond substituents is 2. The number of hydrogen-bond donors (Lipinski definition) is 2. The summed E-state index contributed by atoms with van der Waals surface area (Å²) in [5.41, 5.74) is 6.39. The van der Waals surface area contributed by atoms with E-state index < -0.39 is 0 Å². The monoisotopic (exact) mass is 874 g/mol. The van der Waals surface area contributed by atoms with Crippen molar-refractivity contribution in [3.05, 3.63) is 114 Å². The topological polar surface area (TPSA) is 65.2 Å². The second-order valence-electron chi connectivity index (χ2n) is 16.7. The Morgan fingerprint density at radius 3 is 0.925 bits per heavy atom. The molecule has 0 radical (unpaired) electrons. The maximum Gasteiger partial charge on any atom is 0.128 e. The van der Waals surface area contributed by atoms with Gasteiger partial charge in [-0.1, -0.05) is 142 Å². The predicted molar refractivity (Wildman–Crippen MR) is 233 cm³/mol. The second-order valence-corrected chi connectivity index (χ2v) is 18.4. The van der Waals surface area contributed by atoms with Crippen LogP contribution < -0.4 is 0 Å². The van der Waals surface area contributed by atoms with Gasteiger partial charge in [0.2, 0.25) is 0 Å². The molecule has 0 saturated carbocycles. The van der Waals surface area contributed by atoms with Crippen molar-refractivity contribution >= 4 is 95.0 Å². The minimum Gasteiger partial charge on any atom is -0.507 e. The van der Waals surface area contributed by atoms with Gasteiger partial charge in [-0.15, -0.1) is 24.8 Å². The average Bonchev–Trinajstić information content (AvgIpc) is 2.93. The van der Waals surface area contributed by atoms with Crippen LogP contribution in [0.15, 0.2) is 70.6 Å². The molecule has 53 heavy (non-hydrogen) atoms. The van der Waals surface area contributed by atoms with Crippen LogP contribution in [0, 0.1) is 0 Å². The van der Waals surface area contributed by atoms with Gasteiger partial charge in [-0.05, 0) is 81.3 Å². The van der Waals surface area contributed by atoms with Gasteiger partial charge < -0.3 is 10.2 Å². The molecular formula is C42H52Cl6N2O2Ti. The standard InChI is InChI=1S/2C21H25Cl2NO.2ClH.Ti/c2*1-20(2,3)14-7-13(19(25)18(8-14)21(4,5)6)12-24-17-10-15(22)9-16(23)11-17;;;/h2*7-12,25H,1-6H3;2*1H;. The first kappa shape index (κ1) is 51.3. The molecule has 0 aromatic heterocycles. The van der Waals surface area contributed by atoms with Gasteiger partial charge in [-0.25, -0.2) is 0 Å². The molecule has 0 aliphatic heterocycles. The third-order valence-corrected chi connectivity index (χ3v) is 8.90. The van der Waals surface area contributed by atoms with Crippen LogP contribution in [0.25, 0.3) is 0 Å². The Labute approximate surface area is 364 Å². The normalized spacial score (nSPS) is 12.1. The van der Waals surface area contributed by atoms with E-state index in [4.69, 9.17) is 46.4 Å². The summed E-state index contributed by atoms with van der Waals surface area (Å²) in [6.45, 7) is 25.5. The third kappa shape index (κ3) is 15.0. The van der Waals surface area contributed by atoms with Crippen LogP contribution in [0.2, 0.25) is 20.1 Å². The zero-order chi connectivity index (χ0) is 38.0. The van der Waals surface area contributed by atoms with Gasteiger partial charge in [0.05, 0.1) is 11.4 Å². The van der Waals surface area contributed by atoms with Gasteiger partial charge in [-0.2, -0.15) is 0 Å². The molecule has 0 saturated heterocycles. The molecule has 4 aromatic rings. The van der Waals surface area contributed by atoms with Crippen molar-refractivity contribution in [2.45, 2.75) is 105 Å². The van der Waals surface area contributed by atoms with Crippen LogP contribution in [0.5, 0.6) is 11.5 Å². The minimum absolute atomic E-state index is 0. The van der Waals surface area contributed by atoms with E-state index in [2.05, 4.69) is 105 Å². The van der Waals surface area contributed by atoms with Crippen LogP contribution in [0.3, 0.4) is 0 Å². The third-order valence-electron chi connectivity index (χ3n) is 8.03. The molecule has 4 aromatic carbocycles. The summed E-state index contributed by atoms with van der Waals surface area (Å²) in [5.74, 6) is 0.523. The average molecular weight is 877 g/mol. The molecule has 0 bridgehead atoms. The molecule has 0 fully saturated rings. The number of aliphatic imine (C=N–C) groups is 2. The molecule has 0 aliphatic rings. The Kier molecular flexibility index (Phi) is 19.3. The SMILES string of the molecule is CC(C)(C)c1cc(C=Nc2cc(Cl)cc(Cl)c2)c(O)c(C(C)(C)C)c1.CC(C)(C)c1cc(C=Nc2cc(Cl)cc(Cl)c2)c(O)c(C(C)(C)C)c1.Cl.Cl.[Ti]. The maximum atomic E-state index is 10.8. The van der Waals surface area contributed by atoms with E-state index in [9.17, 15) is 10.2 Å². The summed E-state index contributed by atoms with van der Waals surface area (Å²) < 4.78 is 0. The van der Waals surface area contributed by atoms with Gasteiger partial charge in [-0.3, -0.25) is 9.98 Å². The van der Waals surface area contributed by atoms with E-state index in [1.807, 2.05) is 12.1 Å². The molecule has 2 N–H and O–H groups in total. The zero-order valence-electron chi connectivity index (χ0n) is 32.5. The smallest absolute Gasteiger partial charge is 0.128 e. The van der Waals surface area contributed by atoms with Crippen LogP contribution in [0.4, 0.5) is 11.4 Å². The van der Waals surface area contributed by atoms with Crippen molar-refractivity contribution in [3.8, 4) is 11.5 Å². The molecule has 0 amide bonds. The molecule has 0 unspecified atom stereocenters. The zero-order valence-corrected chi connectivity index (χ0v) is 38.8. The van der Waals surface area contributed by atoms with Crippen LogP contribution in [-0.4, -0.2) is 22.6 Å². The Hall–Kier alpha value is -1.73. The summed E-state index contributed by atoms with van der Waals surface area (Å²) in [7, 11) is 0. The number of aromatic hydroxyl groups is 2. The summed E-state index contributed by atoms with van der Waals surface area (Å²) in [6.07, 6.45) is 3.34. The molecule has 11 heteroatoms. The number of phenols is 2. The van der Waals surface area contributed by atoms with E-state index in [0.717, 1.165) is 22.3 Å². The first-order chi connectivity index (χ1) is 22.8. The van der Waals surface area contributed by atoms with Gasteiger partial charge in [0.1, 0.15) is 11.5 Å². The Morgan fingerprint density at radius 1 is 0.434 bits per heavy atom. The molecule has 0 aliphatic carbocycles. The summed E-state index contributed by atoms with van der Waals surface area (Å²) in [4.78, 5) is 8.90. The molecule has 0 spiro atoms. The molecule has 0 heterocycles. The van der Waals surface area contributed by atoms with E-state index in [1.54, 1.807) is 48.8 Å². The van der Waals surface area contributed by atoms with Gasteiger partial charge >= 0.3 is 0 Å². The Morgan fingerprint density at radius 2 is 0.698 bits per heavy atom. The summed E-state index contributed by atoms with van der Waals surface area (Å²) in [5, 5.41) is 23.6. The van der Waals surface area contributed by atoms with Gasteiger partial charge in [0.15, 0.2) is 0 Å². The Balaban J connectivity index is 0.000000966. The van der Waals surface area contributed by atoms with E-state index >= 15 is 0 Å². The molecular weight excluding hydrogens is 825 g/mol. The fraction of sp³-hybridized carbons (Fsp3) is 0.381. The quantitative estimate of drug-likeness (QED) is 0.158. The van der Waals surface area contributed by atoms with Crippen molar-refractivity contribution < 1.29 is 31.9 Å². The molecule has 4 rings (SSSR count). The van der Waals surface area contributed by atoms with Gasteiger partial charge in [0, 0.05) is 76.5 Å². The minimum atomic E-state index is -0.173. The fourth-order valence-electron chi connectivity index (χ4n) is 5.04. The number of halogens is 6. The van der Waals surface area contributed by atoms with Crippen LogP contribution in [0.1, 0.15) is 116 Å². The molecule has 288 valence electrons. The van der Waals surface area contributed by atoms with Crippen molar-refractivity contribution in [3.63, 3.8) is 0 Å². The van der Waals surface area contributed by atoms with Crippen molar-refractivity contribution in [1.29, 1.82) is 0 Å². The van der Waals surface area contributed by atoms with E-state index in [0.29, 0.717) is 42.6 Å². The maximum absolute atomic E-state index is 10.8. The van der Waals surface area contributed by atoms with Crippen LogP contribution >= 0.6 is 71.2 Å². The number of rotatable bonds is 4.